The van der Waals surface area contributed by atoms with Crippen molar-refractivity contribution in [3.63, 3.8) is 0 Å². The van der Waals surface area contributed by atoms with Gasteiger partial charge in [-0.25, -0.2) is 4.39 Å². The Bertz CT molecular complexity index is 612. The SMILES string of the molecule is Cn1cc(CCNCc2cc(F)ccc2[N+](=O)[O-])cn1. The van der Waals surface area contributed by atoms with E-state index in [1.165, 1.54) is 12.1 Å². The van der Waals surface area contributed by atoms with Crippen LogP contribution in [0.25, 0.3) is 0 Å². The van der Waals surface area contributed by atoms with E-state index in [1.807, 2.05) is 13.2 Å². The smallest absolute Gasteiger partial charge is 0.274 e. The average Bonchev–Trinajstić information content (AvgIpc) is 2.80. The van der Waals surface area contributed by atoms with Crippen LogP contribution in [-0.4, -0.2) is 21.2 Å². The molecule has 1 heterocycles. The Morgan fingerprint density at radius 3 is 2.95 bits per heavy atom. The van der Waals surface area contributed by atoms with Crippen molar-refractivity contribution in [3.05, 3.63) is 57.7 Å². The summed E-state index contributed by atoms with van der Waals surface area (Å²) in [6, 6.07) is 3.47. The summed E-state index contributed by atoms with van der Waals surface area (Å²) in [6.45, 7) is 0.897. The highest BCUT2D eigenvalue weighted by atomic mass is 19.1. The Labute approximate surface area is 115 Å². The summed E-state index contributed by atoms with van der Waals surface area (Å²) in [5, 5.41) is 18.0. The van der Waals surface area contributed by atoms with E-state index in [1.54, 1.807) is 10.9 Å². The first-order valence-corrected chi connectivity index (χ1v) is 6.17. The number of aryl methyl sites for hydroxylation is 1. The minimum absolute atomic E-state index is 0.0692. The van der Waals surface area contributed by atoms with E-state index in [0.717, 1.165) is 18.1 Å². The lowest BCUT2D eigenvalue weighted by molar-refractivity contribution is -0.385. The van der Waals surface area contributed by atoms with E-state index < -0.39 is 10.7 Å². The van der Waals surface area contributed by atoms with Crippen LogP contribution in [0.5, 0.6) is 0 Å². The molecule has 1 aromatic carbocycles. The summed E-state index contributed by atoms with van der Waals surface area (Å²) in [5.74, 6) is -0.473. The van der Waals surface area contributed by atoms with Gasteiger partial charge in [0.15, 0.2) is 0 Å². The van der Waals surface area contributed by atoms with E-state index in [-0.39, 0.29) is 12.2 Å². The van der Waals surface area contributed by atoms with E-state index in [0.29, 0.717) is 12.1 Å². The number of hydrogen-bond donors (Lipinski definition) is 1. The maximum Gasteiger partial charge on any atom is 0.274 e. The van der Waals surface area contributed by atoms with Crippen LogP contribution >= 0.6 is 0 Å². The van der Waals surface area contributed by atoms with Crippen molar-refractivity contribution in [1.82, 2.24) is 15.1 Å². The highest BCUT2D eigenvalue weighted by Gasteiger charge is 2.13. The van der Waals surface area contributed by atoms with Gasteiger partial charge in [-0.2, -0.15) is 5.10 Å². The molecule has 2 rings (SSSR count). The van der Waals surface area contributed by atoms with Crippen molar-refractivity contribution in [2.75, 3.05) is 6.54 Å². The van der Waals surface area contributed by atoms with E-state index in [4.69, 9.17) is 0 Å². The minimum Gasteiger partial charge on any atom is -0.312 e. The highest BCUT2D eigenvalue weighted by Crippen LogP contribution is 2.19. The zero-order valence-corrected chi connectivity index (χ0v) is 11.0. The first-order valence-electron chi connectivity index (χ1n) is 6.17. The zero-order chi connectivity index (χ0) is 14.5. The number of aromatic nitrogens is 2. The van der Waals surface area contributed by atoms with Crippen molar-refractivity contribution >= 4 is 5.69 Å². The monoisotopic (exact) mass is 278 g/mol. The molecule has 0 bridgehead atoms. The van der Waals surface area contributed by atoms with Crippen molar-refractivity contribution < 1.29 is 9.31 Å². The third-order valence-corrected chi connectivity index (χ3v) is 2.90. The van der Waals surface area contributed by atoms with E-state index >= 15 is 0 Å². The fraction of sp³-hybridized carbons (Fsp3) is 0.308. The molecule has 7 heteroatoms. The number of hydrogen-bond acceptors (Lipinski definition) is 4. The van der Waals surface area contributed by atoms with Crippen LogP contribution < -0.4 is 5.32 Å². The Hall–Kier alpha value is -2.28. The molecular weight excluding hydrogens is 263 g/mol. The van der Waals surface area contributed by atoms with Gasteiger partial charge in [0.05, 0.1) is 11.1 Å². The Morgan fingerprint density at radius 1 is 1.50 bits per heavy atom. The molecule has 0 spiro atoms. The second-order valence-electron chi connectivity index (χ2n) is 4.48. The molecule has 0 aliphatic carbocycles. The van der Waals surface area contributed by atoms with Crippen LogP contribution in [0.15, 0.2) is 30.6 Å². The number of nitrogens with zero attached hydrogens (tertiary/aromatic N) is 3. The molecule has 0 aliphatic heterocycles. The predicted molar refractivity (Wildman–Crippen MR) is 71.7 cm³/mol. The molecule has 2 aromatic rings. The molecule has 1 N–H and O–H groups in total. The van der Waals surface area contributed by atoms with Crippen LogP contribution in [0.3, 0.4) is 0 Å². The van der Waals surface area contributed by atoms with Gasteiger partial charge in [0.1, 0.15) is 5.82 Å². The molecule has 0 atom stereocenters. The maximum atomic E-state index is 13.1. The highest BCUT2D eigenvalue weighted by molar-refractivity contribution is 5.40. The first kappa shape index (κ1) is 14.1. The van der Waals surface area contributed by atoms with Gasteiger partial charge in [-0.15, -0.1) is 0 Å². The quantitative estimate of drug-likeness (QED) is 0.497. The normalized spacial score (nSPS) is 10.7. The van der Waals surface area contributed by atoms with Gasteiger partial charge >= 0.3 is 0 Å². The van der Waals surface area contributed by atoms with Gasteiger partial charge in [-0.3, -0.25) is 14.8 Å². The van der Waals surface area contributed by atoms with Gasteiger partial charge in [-0.05, 0) is 30.7 Å². The Balaban J connectivity index is 1.90. The van der Waals surface area contributed by atoms with Gasteiger partial charge < -0.3 is 5.32 Å². The fourth-order valence-electron chi connectivity index (χ4n) is 1.93. The molecule has 106 valence electrons. The molecule has 6 nitrogen and oxygen atoms in total. The predicted octanol–water partition coefficient (Wildman–Crippen LogP) is 1.80. The maximum absolute atomic E-state index is 13.1. The zero-order valence-electron chi connectivity index (χ0n) is 11.0. The van der Waals surface area contributed by atoms with Crippen LogP contribution in [0.2, 0.25) is 0 Å². The molecule has 20 heavy (non-hydrogen) atoms. The van der Waals surface area contributed by atoms with Crippen LogP contribution in [-0.2, 0) is 20.0 Å². The number of rotatable bonds is 6. The van der Waals surface area contributed by atoms with Gasteiger partial charge in [-0.1, -0.05) is 0 Å². The van der Waals surface area contributed by atoms with Gasteiger partial charge in [0, 0.05) is 31.4 Å². The largest absolute Gasteiger partial charge is 0.312 e. The van der Waals surface area contributed by atoms with E-state index in [2.05, 4.69) is 10.4 Å². The van der Waals surface area contributed by atoms with Gasteiger partial charge in [0.25, 0.3) is 5.69 Å². The third kappa shape index (κ3) is 3.61. The average molecular weight is 278 g/mol. The topological polar surface area (TPSA) is 73.0 Å². The van der Waals surface area contributed by atoms with Crippen LogP contribution in [0.4, 0.5) is 10.1 Å². The summed E-state index contributed by atoms with van der Waals surface area (Å²) >= 11 is 0. The summed E-state index contributed by atoms with van der Waals surface area (Å²) in [5.41, 5.74) is 1.36. The lowest BCUT2D eigenvalue weighted by Crippen LogP contribution is -2.17. The molecule has 0 radical (unpaired) electrons. The molecule has 0 saturated heterocycles. The fourth-order valence-corrected chi connectivity index (χ4v) is 1.93. The second-order valence-corrected chi connectivity index (χ2v) is 4.48. The number of benzene rings is 1. The Kier molecular flexibility index (Phi) is 4.41. The summed E-state index contributed by atoms with van der Waals surface area (Å²) in [6.07, 6.45) is 4.44. The third-order valence-electron chi connectivity index (χ3n) is 2.90. The second kappa shape index (κ2) is 6.25. The summed E-state index contributed by atoms with van der Waals surface area (Å²) < 4.78 is 14.8. The van der Waals surface area contributed by atoms with Crippen LogP contribution in [0.1, 0.15) is 11.1 Å². The van der Waals surface area contributed by atoms with E-state index in [9.17, 15) is 14.5 Å². The molecule has 0 fully saturated rings. The van der Waals surface area contributed by atoms with Crippen molar-refractivity contribution in [2.45, 2.75) is 13.0 Å². The van der Waals surface area contributed by atoms with Crippen molar-refractivity contribution in [1.29, 1.82) is 0 Å². The molecule has 0 aliphatic rings. The number of nitro groups is 1. The van der Waals surface area contributed by atoms with Crippen molar-refractivity contribution in [2.24, 2.45) is 7.05 Å². The summed E-state index contributed by atoms with van der Waals surface area (Å²) in [7, 11) is 1.84. The first-order chi connectivity index (χ1) is 9.56. The molecule has 0 saturated carbocycles. The number of nitrogens with one attached hydrogen (secondary N) is 1. The number of nitro benzene ring substituents is 1. The van der Waals surface area contributed by atoms with Crippen molar-refractivity contribution in [3.8, 4) is 0 Å². The van der Waals surface area contributed by atoms with Gasteiger partial charge in [0.2, 0.25) is 0 Å². The molecular formula is C13H15FN4O2. The lowest BCUT2D eigenvalue weighted by atomic mass is 10.1. The molecule has 0 unspecified atom stereocenters. The molecule has 0 amide bonds. The van der Waals surface area contributed by atoms with Crippen LogP contribution in [0, 0.1) is 15.9 Å². The lowest BCUT2D eigenvalue weighted by Gasteiger charge is -2.05. The summed E-state index contributed by atoms with van der Waals surface area (Å²) in [4.78, 5) is 10.3. The minimum atomic E-state index is -0.502. The number of halogens is 1. The standard InChI is InChI=1S/C13H15FN4O2/c1-17-9-10(7-16-17)4-5-15-8-11-6-12(14)2-3-13(11)18(19)20/h2-3,6-7,9,15H,4-5,8H2,1H3. The Morgan fingerprint density at radius 2 is 2.30 bits per heavy atom. The molecule has 1 aromatic heterocycles.